The van der Waals surface area contributed by atoms with E-state index in [4.69, 9.17) is 48.7 Å². The van der Waals surface area contributed by atoms with Crippen LogP contribution in [0.5, 0.6) is 11.5 Å². The topological polar surface area (TPSA) is 98.6 Å². The van der Waals surface area contributed by atoms with Crippen molar-refractivity contribution in [3.63, 3.8) is 0 Å². The van der Waals surface area contributed by atoms with Gasteiger partial charge in [-0.2, -0.15) is 0 Å². The lowest BCUT2D eigenvalue weighted by molar-refractivity contribution is 0.261. The number of rotatable bonds is 10. The Kier molecular flexibility index (Phi) is 8.29. The zero-order valence-electron chi connectivity index (χ0n) is 18.8. The Balaban J connectivity index is 1.77. The van der Waals surface area contributed by atoms with E-state index in [1.165, 1.54) is 0 Å². The van der Waals surface area contributed by atoms with Gasteiger partial charge >= 0.3 is 5.76 Å². The van der Waals surface area contributed by atoms with E-state index in [1.807, 2.05) is 38.1 Å². The highest BCUT2D eigenvalue weighted by Crippen LogP contribution is 2.40. The van der Waals surface area contributed by atoms with E-state index in [1.54, 1.807) is 12.1 Å². The van der Waals surface area contributed by atoms with Crippen LogP contribution in [-0.4, -0.2) is 32.1 Å². The second-order valence-corrected chi connectivity index (χ2v) is 11.3. The molecule has 11 heteroatoms. The molecule has 7 nitrogen and oxygen atoms in total. The number of benzene rings is 2. The van der Waals surface area contributed by atoms with Gasteiger partial charge in [0.15, 0.2) is 26.4 Å². The Hall–Kier alpha value is -2.13. The van der Waals surface area contributed by atoms with Crippen LogP contribution >= 0.6 is 34.8 Å². The molecule has 0 saturated carbocycles. The second-order valence-electron chi connectivity index (χ2n) is 8.14. The maximum Gasteiger partial charge on any atom is 0.417 e. The number of aromatic amines is 1. The fraction of sp³-hybridized carbons (Fsp3) is 0.348. The predicted octanol–water partition coefficient (Wildman–Crippen LogP) is 5.59. The van der Waals surface area contributed by atoms with Crippen molar-refractivity contribution in [1.29, 1.82) is 0 Å². The molecule has 1 aromatic heterocycles. The van der Waals surface area contributed by atoms with Crippen molar-refractivity contribution >= 4 is 44.6 Å². The lowest BCUT2D eigenvalue weighted by Crippen LogP contribution is -2.19. The summed E-state index contributed by atoms with van der Waals surface area (Å²) >= 11 is 18.6. The maximum absolute atomic E-state index is 11.8. The zero-order chi connectivity index (χ0) is 25.1. The van der Waals surface area contributed by atoms with E-state index in [0.717, 1.165) is 17.4 Å². The van der Waals surface area contributed by atoms with Crippen molar-refractivity contribution in [2.24, 2.45) is 0 Å². The first kappa shape index (κ1) is 26.5. The van der Waals surface area contributed by atoms with E-state index in [0.29, 0.717) is 40.5 Å². The number of alkyl halides is 1. The number of oxazole rings is 1. The number of nitrogens with one attached hydrogen (secondary N) is 1. The summed E-state index contributed by atoms with van der Waals surface area (Å²) < 4.78 is 39.8. The van der Waals surface area contributed by atoms with Gasteiger partial charge < -0.3 is 13.9 Å². The largest absolute Gasteiger partial charge is 0.490 e. The highest BCUT2D eigenvalue weighted by molar-refractivity contribution is 7.90. The number of halogens is 3. The number of hydrogen-bond donors (Lipinski definition) is 1. The number of ether oxygens (including phenoxy) is 2. The molecule has 1 N–H and O–H groups in total. The van der Waals surface area contributed by atoms with Crippen molar-refractivity contribution in [3.8, 4) is 11.5 Å². The minimum absolute atomic E-state index is 0.0884. The number of aromatic nitrogens is 1. The molecular formula is C23H24Cl3NO6S. The smallest absolute Gasteiger partial charge is 0.417 e. The Bertz CT molecular complexity index is 1290. The van der Waals surface area contributed by atoms with Crippen molar-refractivity contribution in [2.75, 3.05) is 18.7 Å². The zero-order valence-corrected chi connectivity index (χ0v) is 21.9. The maximum atomic E-state index is 11.8. The van der Waals surface area contributed by atoms with Gasteiger partial charge in [0.25, 0.3) is 0 Å². The van der Waals surface area contributed by atoms with Gasteiger partial charge in [-0.1, -0.05) is 49.2 Å². The van der Waals surface area contributed by atoms with E-state index in [9.17, 15) is 13.2 Å². The van der Waals surface area contributed by atoms with E-state index >= 15 is 0 Å². The Morgan fingerprint density at radius 1 is 1.03 bits per heavy atom. The normalized spacial score (nSPS) is 12.1. The molecule has 3 aromatic rings. The quantitative estimate of drug-likeness (QED) is 0.262. The number of H-pyrrole nitrogens is 1. The summed E-state index contributed by atoms with van der Waals surface area (Å²) in [6.45, 7) is 4.27. The van der Waals surface area contributed by atoms with Crippen molar-refractivity contribution in [1.82, 2.24) is 4.98 Å². The lowest BCUT2D eigenvalue weighted by atomic mass is 9.78. The van der Waals surface area contributed by atoms with Gasteiger partial charge in [-0.3, -0.25) is 4.98 Å². The minimum Gasteiger partial charge on any atom is -0.490 e. The summed E-state index contributed by atoms with van der Waals surface area (Å²) in [4.78, 5) is 13.6. The molecule has 0 aliphatic carbocycles. The molecule has 0 spiro atoms. The summed E-state index contributed by atoms with van der Waals surface area (Å²) in [6.07, 6.45) is 1.66. The SMILES string of the molecule is CC(C)(c1ccc(OCc2oc(=O)[nH]c2S(C)(=O)=O)cc1)c1cc(Cl)c(OCCCCl)c(Cl)c1. The van der Waals surface area contributed by atoms with Crippen molar-refractivity contribution in [3.05, 3.63) is 73.9 Å². The molecule has 0 atom stereocenters. The van der Waals surface area contributed by atoms with Gasteiger partial charge in [0.2, 0.25) is 0 Å². The van der Waals surface area contributed by atoms with Crippen LogP contribution in [0.1, 0.15) is 37.2 Å². The first-order chi connectivity index (χ1) is 15.9. The van der Waals surface area contributed by atoms with E-state index < -0.39 is 21.0 Å². The molecule has 0 radical (unpaired) electrons. The molecule has 0 bridgehead atoms. The van der Waals surface area contributed by atoms with Gasteiger partial charge in [0.1, 0.15) is 12.4 Å². The summed E-state index contributed by atoms with van der Waals surface area (Å²) in [5.41, 5.74) is 1.41. The Morgan fingerprint density at radius 3 is 2.21 bits per heavy atom. The van der Waals surface area contributed by atoms with Crippen molar-refractivity contribution < 1.29 is 22.3 Å². The van der Waals surface area contributed by atoms with Crippen LogP contribution in [0.3, 0.4) is 0 Å². The fourth-order valence-corrected chi connectivity index (χ4v) is 4.80. The van der Waals surface area contributed by atoms with Crippen molar-refractivity contribution in [2.45, 2.75) is 37.3 Å². The molecule has 0 fully saturated rings. The third-order valence-electron chi connectivity index (χ3n) is 5.25. The fourth-order valence-electron chi connectivity index (χ4n) is 3.31. The van der Waals surface area contributed by atoms with E-state index in [2.05, 4.69) is 4.98 Å². The third-order valence-corrected chi connectivity index (χ3v) is 7.15. The first-order valence-corrected chi connectivity index (χ1v) is 13.5. The van der Waals surface area contributed by atoms with Crippen LogP contribution in [0.4, 0.5) is 0 Å². The second kappa shape index (κ2) is 10.6. The first-order valence-electron chi connectivity index (χ1n) is 10.3. The molecule has 2 aromatic carbocycles. The van der Waals surface area contributed by atoms with Gasteiger partial charge in [0.05, 0.1) is 16.7 Å². The van der Waals surface area contributed by atoms with E-state index in [-0.39, 0.29) is 17.4 Å². The van der Waals surface area contributed by atoms with Crippen LogP contribution < -0.4 is 15.2 Å². The van der Waals surface area contributed by atoms with Gasteiger partial charge in [-0.15, -0.1) is 11.6 Å². The third kappa shape index (κ3) is 6.10. The summed E-state index contributed by atoms with van der Waals surface area (Å²) in [7, 11) is -3.66. The summed E-state index contributed by atoms with van der Waals surface area (Å²) in [6, 6.07) is 10.9. The molecule has 184 valence electrons. The lowest BCUT2D eigenvalue weighted by Gasteiger charge is -2.27. The van der Waals surface area contributed by atoms with Crippen LogP contribution in [0.15, 0.2) is 50.6 Å². The number of sulfone groups is 1. The average molecular weight is 549 g/mol. The standard InChI is InChI=1S/C23H24Cl3NO6S/c1-23(2,15-11-17(25)20(18(26)12-15)31-10-4-9-24)14-5-7-16(8-6-14)32-13-19-21(34(3,29)30)27-22(28)33-19/h5-8,11-12H,4,9-10,13H2,1-3H3,(H,27,28). The highest BCUT2D eigenvalue weighted by Gasteiger charge is 2.26. The monoisotopic (exact) mass is 547 g/mol. The molecule has 0 saturated heterocycles. The van der Waals surface area contributed by atoms with Crippen LogP contribution in [0.2, 0.25) is 10.0 Å². The molecule has 1 heterocycles. The molecule has 0 aliphatic rings. The van der Waals surface area contributed by atoms with Crippen LogP contribution in [-0.2, 0) is 21.9 Å². The van der Waals surface area contributed by atoms with Crippen LogP contribution in [0.25, 0.3) is 0 Å². The minimum atomic E-state index is -3.66. The molecule has 34 heavy (non-hydrogen) atoms. The Morgan fingerprint density at radius 2 is 1.65 bits per heavy atom. The molecule has 3 rings (SSSR count). The molecule has 0 unspecified atom stereocenters. The van der Waals surface area contributed by atoms with Gasteiger partial charge in [-0.05, 0) is 41.8 Å². The molecular weight excluding hydrogens is 525 g/mol. The predicted molar refractivity (Wildman–Crippen MR) is 133 cm³/mol. The van der Waals surface area contributed by atoms with Crippen LogP contribution in [0, 0.1) is 0 Å². The average Bonchev–Trinajstić information content (AvgIpc) is 3.15. The Labute approximate surface area is 212 Å². The van der Waals surface area contributed by atoms with Gasteiger partial charge in [-0.25, -0.2) is 13.2 Å². The number of hydrogen-bond acceptors (Lipinski definition) is 6. The summed E-state index contributed by atoms with van der Waals surface area (Å²) in [5, 5.41) is 0.540. The highest BCUT2D eigenvalue weighted by atomic mass is 35.5. The van der Waals surface area contributed by atoms with Gasteiger partial charge in [0, 0.05) is 17.6 Å². The summed E-state index contributed by atoms with van der Waals surface area (Å²) in [5.74, 6) is 0.445. The molecule has 0 amide bonds. The molecule has 0 aliphatic heterocycles.